The van der Waals surface area contributed by atoms with Crippen LogP contribution in [0.5, 0.6) is 11.5 Å². The molecule has 6 nitrogen and oxygen atoms in total. The van der Waals surface area contributed by atoms with Crippen LogP contribution in [0.2, 0.25) is 0 Å². The van der Waals surface area contributed by atoms with E-state index in [1.807, 2.05) is 18.4 Å². The van der Waals surface area contributed by atoms with Gasteiger partial charge in [0.15, 0.2) is 18.1 Å². The molecule has 1 aromatic heterocycles. The Morgan fingerprint density at radius 2 is 2.04 bits per heavy atom. The molecule has 0 unspecified atom stereocenters. The fraction of sp³-hybridized carbons (Fsp3) is 0.250. The predicted octanol–water partition coefficient (Wildman–Crippen LogP) is 1.86. The number of nitrogens with two attached hydrogens (primary N) is 1. The molecule has 0 atom stereocenters. The molecule has 0 saturated carbocycles. The highest BCUT2D eigenvalue weighted by molar-refractivity contribution is 7.12. The Morgan fingerprint density at radius 1 is 1.26 bits per heavy atom. The lowest BCUT2D eigenvalue weighted by Gasteiger charge is -2.11. The minimum absolute atomic E-state index is 0.106. The van der Waals surface area contributed by atoms with Crippen LogP contribution >= 0.6 is 11.3 Å². The third-order valence-electron chi connectivity index (χ3n) is 3.12. The summed E-state index contributed by atoms with van der Waals surface area (Å²) in [5.41, 5.74) is 6.87. The number of aryl methyl sites for hydroxylation is 1. The monoisotopic (exact) mass is 334 g/mol. The molecule has 0 saturated heterocycles. The van der Waals surface area contributed by atoms with Gasteiger partial charge < -0.3 is 20.5 Å². The van der Waals surface area contributed by atoms with Gasteiger partial charge in [0.25, 0.3) is 11.8 Å². The second kappa shape index (κ2) is 7.64. The summed E-state index contributed by atoms with van der Waals surface area (Å²) >= 11 is 1.41. The van der Waals surface area contributed by atoms with Crippen LogP contribution in [0.25, 0.3) is 0 Å². The maximum absolute atomic E-state index is 12.1. The van der Waals surface area contributed by atoms with Crippen molar-refractivity contribution in [1.29, 1.82) is 0 Å². The van der Waals surface area contributed by atoms with Gasteiger partial charge in [-0.05, 0) is 41.6 Å². The van der Waals surface area contributed by atoms with Crippen LogP contribution in [-0.4, -0.2) is 25.5 Å². The second-order valence-electron chi connectivity index (χ2n) is 4.86. The number of ether oxygens (including phenoxy) is 2. The first kappa shape index (κ1) is 16.8. The molecule has 3 N–H and O–H groups in total. The summed E-state index contributed by atoms with van der Waals surface area (Å²) in [6, 6.07) is 7.13. The molecule has 23 heavy (non-hydrogen) atoms. The summed E-state index contributed by atoms with van der Waals surface area (Å²) in [4.78, 5) is 23.6. The fourth-order valence-electron chi connectivity index (χ4n) is 1.96. The molecule has 0 aliphatic rings. The standard InChI is InChI=1S/C16H18N2O4S/c1-10-5-6-23-15(10)16(20)18-8-11-3-4-12(13(7-11)21-2)22-9-14(17)19/h3-7H,8-9H2,1-2H3,(H2,17,19)(H,18,20). The molecule has 122 valence electrons. The summed E-state index contributed by atoms with van der Waals surface area (Å²) in [7, 11) is 1.50. The third-order valence-corrected chi connectivity index (χ3v) is 4.13. The van der Waals surface area contributed by atoms with E-state index in [9.17, 15) is 9.59 Å². The molecule has 0 bridgehead atoms. The zero-order chi connectivity index (χ0) is 16.8. The second-order valence-corrected chi connectivity index (χ2v) is 5.77. The van der Waals surface area contributed by atoms with Crippen LogP contribution in [-0.2, 0) is 11.3 Å². The van der Waals surface area contributed by atoms with Crippen LogP contribution in [0.1, 0.15) is 20.8 Å². The zero-order valence-electron chi connectivity index (χ0n) is 12.9. The number of thiophene rings is 1. The molecule has 1 aromatic carbocycles. The Kier molecular flexibility index (Phi) is 5.59. The van der Waals surface area contributed by atoms with E-state index >= 15 is 0 Å². The number of nitrogens with one attached hydrogen (secondary N) is 1. The highest BCUT2D eigenvalue weighted by Gasteiger charge is 2.11. The largest absolute Gasteiger partial charge is 0.493 e. The van der Waals surface area contributed by atoms with Crippen molar-refractivity contribution in [2.45, 2.75) is 13.5 Å². The molecule has 0 fully saturated rings. The Balaban J connectivity index is 2.02. The van der Waals surface area contributed by atoms with Crippen molar-refractivity contribution in [1.82, 2.24) is 5.32 Å². The van der Waals surface area contributed by atoms with E-state index in [4.69, 9.17) is 15.2 Å². The summed E-state index contributed by atoms with van der Waals surface area (Å²) in [6.07, 6.45) is 0. The van der Waals surface area contributed by atoms with E-state index in [1.165, 1.54) is 18.4 Å². The van der Waals surface area contributed by atoms with Crippen molar-refractivity contribution in [2.24, 2.45) is 5.73 Å². The number of carbonyl (C=O) groups is 2. The number of amides is 2. The third kappa shape index (κ3) is 4.46. The van der Waals surface area contributed by atoms with Crippen molar-refractivity contribution in [3.63, 3.8) is 0 Å². The maximum atomic E-state index is 12.1. The van der Waals surface area contributed by atoms with E-state index in [1.54, 1.807) is 18.2 Å². The fourth-order valence-corrected chi connectivity index (χ4v) is 2.80. The Hall–Kier alpha value is -2.54. The lowest BCUT2D eigenvalue weighted by atomic mass is 10.2. The summed E-state index contributed by atoms with van der Waals surface area (Å²) in [5.74, 6) is 0.237. The Labute approximate surface area is 138 Å². The molecule has 2 rings (SSSR count). The number of hydrogen-bond acceptors (Lipinski definition) is 5. The van der Waals surface area contributed by atoms with Gasteiger partial charge >= 0.3 is 0 Å². The van der Waals surface area contributed by atoms with Gasteiger partial charge in [0.05, 0.1) is 12.0 Å². The van der Waals surface area contributed by atoms with E-state index in [-0.39, 0.29) is 12.5 Å². The molecular formula is C16H18N2O4S. The normalized spacial score (nSPS) is 10.2. The zero-order valence-corrected chi connectivity index (χ0v) is 13.7. The number of primary amides is 1. The van der Waals surface area contributed by atoms with Crippen molar-refractivity contribution < 1.29 is 19.1 Å². The Morgan fingerprint density at radius 3 is 2.65 bits per heavy atom. The molecule has 0 radical (unpaired) electrons. The Bertz CT molecular complexity index is 712. The van der Waals surface area contributed by atoms with E-state index in [0.29, 0.717) is 22.9 Å². The molecule has 0 spiro atoms. The molecule has 2 amide bonds. The number of methoxy groups -OCH3 is 1. The van der Waals surface area contributed by atoms with Gasteiger partial charge in [0, 0.05) is 6.54 Å². The number of carbonyl (C=O) groups excluding carboxylic acids is 2. The van der Waals surface area contributed by atoms with Crippen molar-refractivity contribution in [3.05, 3.63) is 45.6 Å². The van der Waals surface area contributed by atoms with Crippen molar-refractivity contribution in [2.75, 3.05) is 13.7 Å². The quantitative estimate of drug-likeness (QED) is 0.808. The van der Waals surface area contributed by atoms with Gasteiger partial charge in [0.1, 0.15) is 0 Å². The topological polar surface area (TPSA) is 90.7 Å². The lowest BCUT2D eigenvalue weighted by Crippen LogP contribution is -2.22. The first-order valence-electron chi connectivity index (χ1n) is 6.91. The number of benzene rings is 1. The molecule has 2 aromatic rings. The first-order valence-corrected chi connectivity index (χ1v) is 7.79. The lowest BCUT2D eigenvalue weighted by molar-refractivity contribution is -0.119. The average Bonchev–Trinajstić information content (AvgIpc) is 2.97. The molecular weight excluding hydrogens is 316 g/mol. The average molecular weight is 334 g/mol. The van der Waals surface area contributed by atoms with E-state index in [0.717, 1.165) is 11.1 Å². The highest BCUT2D eigenvalue weighted by Crippen LogP contribution is 2.28. The molecule has 0 aliphatic heterocycles. The van der Waals surface area contributed by atoms with Crippen LogP contribution < -0.4 is 20.5 Å². The number of rotatable bonds is 7. The van der Waals surface area contributed by atoms with Gasteiger partial charge in [-0.15, -0.1) is 11.3 Å². The summed E-state index contributed by atoms with van der Waals surface area (Å²) in [6.45, 7) is 2.05. The molecule has 0 aliphatic carbocycles. The SMILES string of the molecule is COc1cc(CNC(=O)c2sccc2C)ccc1OCC(N)=O. The summed E-state index contributed by atoms with van der Waals surface area (Å²) in [5, 5.41) is 4.75. The summed E-state index contributed by atoms with van der Waals surface area (Å²) < 4.78 is 10.5. The van der Waals surface area contributed by atoms with Crippen molar-refractivity contribution >= 4 is 23.2 Å². The van der Waals surface area contributed by atoms with Crippen LogP contribution in [0.15, 0.2) is 29.6 Å². The maximum Gasteiger partial charge on any atom is 0.261 e. The van der Waals surface area contributed by atoms with E-state index < -0.39 is 5.91 Å². The predicted molar refractivity (Wildman–Crippen MR) is 87.9 cm³/mol. The van der Waals surface area contributed by atoms with Gasteiger partial charge in [-0.3, -0.25) is 9.59 Å². The van der Waals surface area contributed by atoms with Gasteiger partial charge in [-0.25, -0.2) is 0 Å². The van der Waals surface area contributed by atoms with Crippen molar-refractivity contribution in [3.8, 4) is 11.5 Å². The number of hydrogen-bond donors (Lipinski definition) is 2. The van der Waals surface area contributed by atoms with Gasteiger partial charge in [-0.1, -0.05) is 6.07 Å². The van der Waals surface area contributed by atoms with Crippen LogP contribution in [0.4, 0.5) is 0 Å². The van der Waals surface area contributed by atoms with Crippen LogP contribution in [0.3, 0.4) is 0 Å². The highest BCUT2D eigenvalue weighted by atomic mass is 32.1. The van der Waals surface area contributed by atoms with Crippen LogP contribution in [0, 0.1) is 6.92 Å². The molecule has 1 heterocycles. The van der Waals surface area contributed by atoms with E-state index in [2.05, 4.69) is 5.32 Å². The minimum Gasteiger partial charge on any atom is -0.493 e. The first-order chi connectivity index (χ1) is 11.0. The minimum atomic E-state index is -0.560. The van der Waals surface area contributed by atoms with Gasteiger partial charge in [0.2, 0.25) is 0 Å². The van der Waals surface area contributed by atoms with Gasteiger partial charge in [-0.2, -0.15) is 0 Å². The smallest absolute Gasteiger partial charge is 0.261 e. The molecule has 7 heteroatoms.